The summed E-state index contributed by atoms with van der Waals surface area (Å²) in [5, 5.41) is 2.09. The van der Waals surface area contributed by atoms with Crippen LogP contribution in [0.4, 0.5) is 0 Å². The maximum absolute atomic E-state index is 10.6. The lowest BCUT2D eigenvalue weighted by Gasteiger charge is -2.02. The molecule has 0 saturated carbocycles. The SMILES string of the molecule is O=C1CCSC=C1Cl. The Morgan fingerprint density at radius 1 is 1.75 bits per heavy atom. The number of allylic oxidation sites excluding steroid dienone is 1. The first-order chi connectivity index (χ1) is 3.80. The summed E-state index contributed by atoms with van der Waals surface area (Å²) in [4.78, 5) is 10.6. The predicted molar refractivity (Wildman–Crippen MR) is 36.0 cm³/mol. The lowest BCUT2D eigenvalue weighted by Crippen LogP contribution is -2.02. The second kappa shape index (κ2) is 2.55. The molecule has 0 bridgehead atoms. The van der Waals surface area contributed by atoms with Crippen LogP contribution in [0.3, 0.4) is 0 Å². The molecule has 0 aromatic carbocycles. The molecule has 0 aliphatic carbocycles. The molecule has 1 rings (SSSR count). The van der Waals surface area contributed by atoms with Gasteiger partial charge in [0, 0.05) is 12.2 Å². The van der Waals surface area contributed by atoms with Crippen LogP contribution in [0.1, 0.15) is 6.42 Å². The van der Waals surface area contributed by atoms with Gasteiger partial charge in [0.15, 0.2) is 5.78 Å². The topological polar surface area (TPSA) is 17.1 Å². The van der Waals surface area contributed by atoms with Crippen molar-refractivity contribution in [3.8, 4) is 0 Å². The van der Waals surface area contributed by atoms with E-state index in [0.717, 1.165) is 5.75 Å². The fraction of sp³-hybridized carbons (Fsp3) is 0.400. The normalized spacial score (nSPS) is 20.6. The van der Waals surface area contributed by atoms with E-state index in [4.69, 9.17) is 11.6 Å². The van der Waals surface area contributed by atoms with Gasteiger partial charge in [0.2, 0.25) is 0 Å². The van der Waals surface area contributed by atoms with E-state index >= 15 is 0 Å². The monoisotopic (exact) mass is 148 g/mol. The largest absolute Gasteiger partial charge is 0.293 e. The van der Waals surface area contributed by atoms with E-state index in [1.807, 2.05) is 0 Å². The Balaban J connectivity index is 2.67. The van der Waals surface area contributed by atoms with Gasteiger partial charge in [0.25, 0.3) is 0 Å². The molecule has 0 aromatic heterocycles. The fourth-order valence-corrected chi connectivity index (χ4v) is 1.45. The van der Waals surface area contributed by atoms with Crippen LogP contribution < -0.4 is 0 Å². The lowest BCUT2D eigenvalue weighted by atomic mass is 10.3. The van der Waals surface area contributed by atoms with E-state index < -0.39 is 0 Å². The number of carbonyl (C=O) groups excluding carboxylic acids is 1. The minimum Gasteiger partial charge on any atom is -0.293 e. The van der Waals surface area contributed by atoms with Crippen LogP contribution in [0.5, 0.6) is 0 Å². The van der Waals surface area contributed by atoms with Gasteiger partial charge in [-0.15, -0.1) is 11.8 Å². The summed E-state index contributed by atoms with van der Waals surface area (Å²) in [6, 6.07) is 0. The van der Waals surface area contributed by atoms with Crippen LogP contribution in [-0.2, 0) is 4.79 Å². The van der Waals surface area contributed by atoms with E-state index in [0.29, 0.717) is 11.5 Å². The van der Waals surface area contributed by atoms with Crippen molar-refractivity contribution in [1.82, 2.24) is 0 Å². The number of hydrogen-bond donors (Lipinski definition) is 0. The molecule has 0 saturated heterocycles. The second-order valence-electron chi connectivity index (χ2n) is 1.51. The minimum absolute atomic E-state index is 0.0745. The van der Waals surface area contributed by atoms with Crippen molar-refractivity contribution in [2.45, 2.75) is 6.42 Å². The average molecular weight is 149 g/mol. The smallest absolute Gasteiger partial charge is 0.175 e. The van der Waals surface area contributed by atoms with Crippen molar-refractivity contribution >= 4 is 29.1 Å². The summed E-state index contributed by atoms with van der Waals surface area (Å²) in [6.45, 7) is 0. The van der Waals surface area contributed by atoms with Gasteiger partial charge in [-0.25, -0.2) is 0 Å². The summed E-state index contributed by atoms with van der Waals surface area (Å²) in [7, 11) is 0. The van der Waals surface area contributed by atoms with Crippen LogP contribution >= 0.6 is 23.4 Å². The highest BCUT2D eigenvalue weighted by Crippen LogP contribution is 2.20. The van der Waals surface area contributed by atoms with Crippen molar-refractivity contribution in [3.05, 3.63) is 10.4 Å². The zero-order valence-electron chi connectivity index (χ0n) is 4.19. The zero-order valence-corrected chi connectivity index (χ0v) is 5.76. The molecule has 1 aliphatic heterocycles. The molecule has 0 amide bonds. The van der Waals surface area contributed by atoms with Crippen molar-refractivity contribution in [2.75, 3.05) is 5.75 Å². The van der Waals surface area contributed by atoms with Gasteiger partial charge in [-0.3, -0.25) is 4.79 Å². The third-order valence-corrected chi connectivity index (χ3v) is 2.19. The first-order valence-corrected chi connectivity index (χ1v) is 3.74. The first-order valence-electron chi connectivity index (χ1n) is 2.31. The maximum Gasteiger partial charge on any atom is 0.175 e. The number of Topliss-reactive ketones (excluding diaryl/α,β-unsaturated/α-hetero) is 1. The van der Waals surface area contributed by atoms with E-state index in [2.05, 4.69) is 0 Å². The number of carbonyl (C=O) groups is 1. The summed E-state index contributed by atoms with van der Waals surface area (Å²) in [5.74, 6) is 0.958. The van der Waals surface area contributed by atoms with Crippen molar-refractivity contribution in [2.24, 2.45) is 0 Å². The first kappa shape index (κ1) is 6.17. The zero-order chi connectivity index (χ0) is 5.98. The van der Waals surface area contributed by atoms with Gasteiger partial charge < -0.3 is 0 Å². The highest BCUT2D eigenvalue weighted by molar-refractivity contribution is 8.02. The number of thioether (sulfide) groups is 1. The van der Waals surface area contributed by atoms with Crippen LogP contribution in [0.15, 0.2) is 10.4 Å². The van der Waals surface area contributed by atoms with Crippen molar-refractivity contribution < 1.29 is 4.79 Å². The second-order valence-corrected chi connectivity index (χ2v) is 2.89. The van der Waals surface area contributed by atoms with Crippen LogP contribution in [0.25, 0.3) is 0 Å². The van der Waals surface area contributed by atoms with E-state index in [1.54, 1.807) is 17.2 Å². The number of halogens is 1. The third-order valence-electron chi connectivity index (χ3n) is 0.900. The maximum atomic E-state index is 10.6. The molecule has 0 spiro atoms. The van der Waals surface area contributed by atoms with Gasteiger partial charge in [-0.05, 0) is 5.41 Å². The van der Waals surface area contributed by atoms with Crippen molar-refractivity contribution in [1.29, 1.82) is 0 Å². The summed E-state index contributed by atoms with van der Waals surface area (Å²) in [6.07, 6.45) is 0.597. The molecule has 0 atom stereocenters. The molecular weight excluding hydrogens is 144 g/mol. The molecule has 0 fully saturated rings. The predicted octanol–water partition coefficient (Wildman–Crippen LogP) is 1.77. The Morgan fingerprint density at radius 2 is 2.50 bits per heavy atom. The number of ketones is 1. The van der Waals surface area contributed by atoms with Gasteiger partial charge in [-0.2, -0.15) is 0 Å². The Bertz CT molecular complexity index is 141. The molecule has 3 heteroatoms. The Labute approximate surface area is 57.1 Å². The molecule has 44 valence electrons. The summed E-state index contributed by atoms with van der Waals surface area (Å²) >= 11 is 7.05. The summed E-state index contributed by atoms with van der Waals surface area (Å²) < 4.78 is 0. The van der Waals surface area contributed by atoms with Gasteiger partial charge in [0.05, 0.1) is 5.03 Å². The van der Waals surface area contributed by atoms with Gasteiger partial charge in [-0.1, -0.05) is 11.6 Å². The molecular formula is C5H5ClOS. The van der Waals surface area contributed by atoms with Crippen LogP contribution in [-0.4, -0.2) is 11.5 Å². The van der Waals surface area contributed by atoms with E-state index in [1.165, 1.54) is 0 Å². The summed E-state index contributed by atoms with van der Waals surface area (Å²) in [5.41, 5.74) is 0. The highest BCUT2D eigenvalue weighted by Gasteiger charge is 2.09. The van der Waals surface area contributed by atoms with Crippen molar-refractivity contribution in [3.63, 3.8) is 0 Å². The van der Waals surface area contributed by atoms with Crippen LogP contribution in [0.2, 0.25) is 0 Å². The molecule has 1 aliphatic rings. The van der Waals surface area contributed by atoms with Crippen LogP contribution in [0, 0.1) is 0 Å². The third kappa shape index (κ3) is 1.26. The van der Waals surface area contributed by atoms with Gasteiger partial charge in [0.1, 0.15) is 0 Å². The highest BCUT2D eigenvalue weighted by atomic mass is 35.5. The number of rotatable bonds is 0. The molecule has 0 unspecified atom stereocenters. The standard InChI is InChI=1S/C5H5ClOS/c6-4-3-8-2-1-5(4)7/h3H,1-2H2. The van der Waals surface area contributed by atoms with E-state index in [9.17, 15) is 4.79 Å². The average Bonchev–Trinajstić information content (AvgIpc) is 1.77. The molecule has 8 heavy (non-hydrogen) atoms. The lowest BCUT2D eigenvalue weighted by molar-refractivity contribution is -0.114. The molecule has 1 heterocycles. The quantitative estimate of drug-likeness (QED) is 0.521. The Hall–Kier alpha value is 0.0500. The Morgan fingerprint density at radius 3 is 2.88 bits per heavy atom. The molecule has 0 aromatic rings. The number of hydrogen-bond acceptors (Lipinski definition) is 2. The molecule has 0 radical (unpaired) electrons. The molecule has 0 N–H and O–H groups in total. The fourth-order valence-electron chi connectivity index (χ4n) is 0.469. The minimum atomic E-state index is 0.0745. The van der Waals surface area contributed by atoms with Gasteiger partial charge >= 0.3 is 0 Å². The van der Waals surface area contributed by atoms with E-state index in [-0.39, 0.29) is 5.78 Å². The Kier molecular flexibility index (Phi) is 1.97. The molecule has 1 nitrogen and oxygen atoms in total.